The van der Waals surface area contributed by atoms with Gasteiger partial charge in [0.25, 0.3) is 5.56 Å². The number of anilines is 1. The van der Waals surface area contributed by atoms with Gasteiger partial charge >= 0.3 is 0 Å². The number of pyridine rings is 1. The number of nitrogens with zero attached hydrogens (tertiary/aromatic N) is 4. The number of aromatic nitrogens is 3. The topological polar surface area (TPSA) is 83.6 Å². The van der Waals surface area contributed by atoms with E-state index in [1.54, 1.807) is 12.1 Å². The van der Waals surface area contributed by atoms with Gasteiger partial charge in [0.2, 0.25) is 0 Å². The number of benzene rings is 2. The molecule has 1 fully saturated rings. The second kappa shape index (κ2) is 10.4. The maximum absolute atomic E-state index is 13.1. The van der Waals surface area contributed by atoms with Crippen molar-refractivity contribution in [1.29, 1.82) is 0 Å². The van der Waals surface area contributed by atoms with Crippen LogP contribution in [-0.2, 0) is 6.61 Å². The Morgan fingerprint density at radius 3 is 2.47 bits per heavy atom. The number of piperazine rings is 1. The Balaban J connectivity index is 1.45. The molecule has 2 aromatic carbocycles. The maximum Gasteiger partial charge on any atom is 0.262 e. The molecular weight excluding hydrogens is 454 g/mol. The van der Waals surface area contributed by atoms with Crippen LogP contribution in [-0.4, -0.2) is 59.2 Å². The molecule has 4 aromatic rings. The minimum Gasteiger partial charge on any atom is -0.496 e. The number of H-pyrrole nitrogens is 1. The van der Waals surface area contributed by atoms with Crippen LogP contribution in [0.5, 0.6) is 11.5 Å². The quantitative estimate of drug-likeness (QED) is 0.422. The molecule has 0 aliphatic carbocycles. The second-order valence-corrected chi connectivity index (χ2v) is 9.21. The summed E-state index contributed by atoms with van der Waals surface area (Å²) >= 11 is 0. The molecule has 1 N–H and O–H groups in total. The van der Waals surface area contributed by atoms with Crippen molar-refractivity contribution in [2.45, 2.75) is 26.5 Å². The summed E-state index contributed by atoms with van der Waals surface area (Å²) in [5, 5.41) is 0.384. The van der Waals surface area contributed by atoms with Gasteiger partial charge in [0.1, 0.15) is 35.0 Å². The smallest absolute Gasteiger partial charge is 0.262 e. The third kappa shape index (κ3) is 5.04. The van der Waals surface area contributed by atoms with Gasteiger partial charge in [-0.25, -0.2) is 9.97 Å². The van der Waals surface area contributed by atoms with E-state index in [4.69, 9.17) is 19.4 Å². The number of rotatable bonds is 7. The molecule has 0 unspecified atom stereocenters. The Morgan fingerprint density at radius 2 is 1.75 bits per heavy atom. The normalized spacial score (nSPS) is 14.4. The van der Waals surface area contributed by atoms with Crippen molar-refractivity contribution in [1.82, 2.24) is 19.9 Å². The van der Waals surface area contributed by atoms with Gasteiger partial charge in [-0.3, -0.25) is 9.69 Å². The highest BCUT2D eigenvalue weighted by molar-refractivity contribution is 5.87. The van der Waals surface area contributed by atoms with E-state index in [0.29, 0.717) is 46.6 Å². The molecule has 1 aliphatic rings. The van der Waals surface area contributed by atoms with E-state index in [0.717, 1.165) is 37.6 Å². The Morgan fingerprint density at radius 1 is 0.972 bits per heavy atom. The number of fused-ring (bicyclic) bond motifs is 1. The number of hydrogen-bond acceptors (Lipinski definition) is 7. The summed E-state index contributed by atoms with van der Waals surface area (Å²) < 4.78 is 11.5. The van der Waals surface area contributed by atoms with Crippen molar-refractivity contribution in [3.63, 3.8) is 0 Å². The van der Waals surface area contributed by atoms with Crippen LogP contribution in [0, 0.1) is 0 Å². The predicted octanol–water partition coefficient (Wildman–Crippen LogP) is 4.10. The molecule has 0 amide bonds. The van der Waals surface area contributed by atoms with E-state index in [2.05, 4.69) is 28.6 Å². The van der Waals surface area contributed by atoms with Crippen LogP contribution in [0.1, 0.15) is 19.4 Å². The lowest BCUT2D eigenvalue weighted by Crippen LogP contribution is -2.49. The minimum atomic E-state index is -0.279. The number of methoxy groups -OCH3 is 1. The molecule has 0 bridgehead atoms. The second-order valence-electron chi connectivity index (χ2n) is 9.21. The monoisotopic (exact) mass is 485 g/mol. The average molecular weight is 486 g/mol. The van der Waals surface area contributed by atoms with Gasteiger partial charge in [-0.1, -0.05) is 36.4 Å². The third-order valence-electron chi connectivity index (χ3n) is 6.56. The zero-order valence-corrected chi connectivity index (χ0v) is 20.9. The van der Waals surface area contributed by atoms with Gasteiger partial charge in [-0.15, -0.1) is 0 Å². The van der Waals surface area contributed by atoms with Gasteiger partial charge in [0.15, 0.2) is 5.82 Å². The van der Waals surface area contributed by atoms with E-state index < -0.39 is 0 Å². The van der Waals surface area contributed by atoms with Gasteiger partial charge in [0, 0.05) is 44.4 Å². The summed E-state index contributed by atoms with van der Waals surface area (Å²) in [5.41, 5.74) is 1.88. The zero-order valence-electron chi connectivity index (χ0n) is 20.9. The van der Waals surface area contributed by atoms with Crippen LogP contribution in [0.15, 0.2) is 65.5 Å². The fourth-order valence-corrected chi connectivity index (χ4v) is 4.52. The molecule has 5 rings (SSSR count). The first-order valence-electron chi connectivity index (χ1n) is 12.3. The molecule has 8 nitrogen and oxygen atoms in total. The van der Waals surface area contributed by atoms with Crippen LogP contribution in [0.2, 0.25) is 0 Å². The van der Waals surface area contributed by atoms with Crippen molar-refractivity contribution < 1.29 is 9.47 Å². The number of aromatic amines is 1. The molecule has 36 heavy (non-hydrogen) atoms. The Labute approximate surface area is 210 Å². The van der Waals surface area contributed by atoms with Crippen molar-refractivity contribution in [2.75, 3.05) is 38.2 Å². The summed E-state index contributed by atoms with van der Waals surface area (Å²) in [6.07, 6.45) is 0. The highest BCUT2D eigenvalue weighted by Crippen LogP contribution is 2.29. The maximum atomic E-state index is 13.1. The SMILES string of the molecule is COc1cc(OCc2ccccc2)cc2nc(-c3cccc(N4CCN(C(C)C)CC4)n3)[nH]c(=O)c12. The first kappa shape index (κ1) is 23.8. The Kier molecular flexibility index (Phi) is 6.86. The van der Waals surface area contributed by atoms with Crippen LogP contribution < -0.4 is 19.9 Å². The van der Waals surface area contributed by atoms with E-state index in [1.165, 1.54) is 7.11 Å². The fraction of sp³-hybridized carbons (Fsp3) is 0.321. The van der Waals surface area contributed by atoms with Crippen LogP contribution >= 0.6 is 0 Å². The highest BCUT2D eigenvalue weighted by Gasteiger charge is 2.20. The lowest BCUT2D eigenvalue weighted by molar-refractivity contribution is 0.209. The molecule has 1 saturated heterocycles. The molecule has 0 radical (unpaired) electrons. The fourth-order valence-electron chi connectivity index (χ4n) is 4.52. The standard InChI is InChI=1S/C28H31N5O3/c1-19(2)32-12-14-33(15-13-32)25-11-7-10-22(29-25)27-30-23-16-21(36-18-20-8-5-4-6-9-20)17-24(35-3)26(23)28(34)31-27/h4-11,16-17,19H,12-15,18H2,1-3H3,(H,30,31,34). The average Bonchev–Trinajstić information content (AvgIpc) is 2.92. The summed E-state index contributed by atoms with van der Waals surface area (Å²) in [6.45, 7) is 8.68. The highest BCUT2D eigenvalue weighted by atomic mass is 16.5. The lowest BCUT2D eigenvalue weighted by atomic mass is 10.2. The van der Waals surface area contributed by atoms with E-state index in [1.807, 2.05) is 48.5 Å². The molecule has 1 aliphatic heterocycles. The van der Waals surface area contributed by atoms with Gasteiger partial charge < -0.3 is 19.4 Å². The summed E-state index contributed by atoms with van der Waals surface area (Å²) in [4.78, 5) is 30.3. The molecule has 3 heterocycles. The van der Waals surface area contributed by atoms with Gasteiger partial charge in [-0.05, 0) is 31.5 Å². The number of nitrogens with one attached hydrogen (secondary N) is 1. The minimum absolute atomic E-state index is 0.279. The van der Waals surface area contributed by atoms with Crippen molar-refractivity contribution in [3.05, 3.63) is 76.6 Å². The molecule has 0 atom stereocenters. The van der Waals surface area contributed by atoms with Crippen LogP contribution in [0.3, 0.4) is 0 Å². The summed E-state index contributed by atoms with van der Waals surface area (Å²) in [7, 11) is 1.53. The van der Waals surface area contributed by atoms with Crippen LogP contribution in [0.4, 0.5) is 5.82 Å². The van der Waals surface area contributed by atoms with Crippen molar-refractivity contribution in [2.24, 2.45) is 0 Å². The van der Waals surface area contributed by atoms with Gasteiger partial charge in [0.05, 0.1) is 12.6 Å². The molecule has 2 aromatic heterocycles. The molecule has 186 valence electrons. The van der Waals surface area contributed by atoms with E-state index in [-0.39, 0.29) is 5.56 Å². The van der Waals surface area contributed by atoms with Crippen LogP contribution in [0.25, 0.3) is 22.4 Å². The molecule has 8 heteroatoms. The summed E-state index contributed by atoms with van der Waals surface area (Å²) in [5.74, 6) is 2.30. The lowest BCUT2D eigenvalue weighted by Gasteiger charge is -2.37. The molecule has 0 spiro atoms. The van der Waals surface area contributed by atoms with E-state index >= 15 is 0 Å². The molecule has 0 saturated carbocycles. The van der Waals surface area contributed by atoms with Gasteiger partial charge in [-0.2, -0.15) is 0 Å². The van der Waals surface area contributed by atoms with Crippen molar-refractivity contribution in [3.8, 4) is 23.0 Å². The Bertz CT molecular complexity index is 1400. The van der Waals surface area contributed by atoms with Crippen molar-refractivity contribution >= 4 is 16.7 Å². The largest absolute Gasteiger partial charge is 0.496 e. The number of ether oxygens (including phenoxy) is 2. The first-order chi connectivity index (χ1) is 17.5. The summed E-state index contributed by atoms with van der Waals surface area (Å²) in [6, 6.07) is 19.8. The third-order valence-corrected chi connectivity index (χ3v) is 6.56. The zero-order chi connectivity index (χ0) is 25.1. The predicted molar refractivity (Wildman–Crippen MR) is 142 cm³/mol. The number of hydrogen-bond donors (Lipinski definition) is 1. The molecular formula is C28H31N5O3. The Hall–Kier alpha value is -3.91. The van der Waals surface area contributed by atoms with E-state index in [9.17, 15) is 4.79 Å². The first-order valence-corrected chi connectivity index (χ1v) is 12.3.